The minimum absolute atomic E-state index is 0.803. The molecule has 282 valence electrons. The summed E-state index contributed by atoms with van der Waals surface area (Å²) in [7, 11) is 0. The van der Waals surface area contributed by atoms with Crippen LogP contribution in [0.2, 0.25) is 0 Å². The fourth-order valence-electron chi connectivity index (χ4n) is 8.83. The van der Waals surface area contributed by atoms with Gasteiger partial charge in [-0.25, -0.2) is 0 Å². The molecular weight excluding hydrogens is 727 g/mol. The van der Waals surface area contributed by atoms with E-state index in [1.165, 1.54) is 33.0 Å². The zero-order valence-corrected chi connectivity index (χ0v) is 32.9. The molecule has 2 nitrogen and oxygen atoms in total. The smallest absolute Gasteiger partial charge is 0.143 e. The van der Waals surface area contributed by atoms with Crippen LogP contribution in [0.25, 0.3) is 77.5 Å². The molecule has 0 radical (unpaired) electrons. The number of nitrogens with zero attached hydrogens (tertiary/aromatic N) is 1. The van der Waals surface area contributed by atoms with Crippen LogP contribution >= 0.6 is 0 Å². The van der Waals surface area contributed by atoms with Gasteiger partial charge in [0.25, 0.3) is 0 Å². The molecule has 0 saturated carbocycles. The average molecular weight is 766 g/mol. The van der Waals surface area contributed by atoms with Crippen LogP contribution in [-0.4, -0.2) is 0 Å². The van der Waals surface area contributed by atoms with E-state index in [2.05, 4.69) is 241 Å². The van der Waals surface area contributed by atoms with Crippen LogP contribution in [0.15, 0.2) is 237 Å². The highest BCUT2D eigenvalue weighted by Gasteiger charge is 2.30. The predicted molar refractivity (Wildman–Crippen MR) is 251 cm³/mol. The van der Waals surface area contributed by atoms with Crippen molar-refractivity contribution in [3.63, 3.8) is 0 Å². The van der Waals surface area contributed by atoms with Crippen LogP contribution < -0.4 is 9.64 Å². The number of ether oxygens (including phenoxy) is 1. The standard InChI is InChI=1S/C58H39NO/c1-4-16-40(17-5-1)43-32-35-48(36-33-43)59(49-37-34-42-20-10-11-23-46(42)39-49)54-30-15-31-55-57(54)52-28-13-26-50(47-25-12-24-45(38-47)41-18-6-2-7-19-41)56(52)53-29-14-27-51(58(53)60-55)44-21-8-3-9-22-44/h1-39H. The molecule has 0 amide bonds. The van der Waals surface area contributed by atoms with Crippen molar-refractivity contribution in [2.45, 2.75) is 0 Å². The highest BCUT2D eigenvalue weighted by atomic mass is 16.5. The van der Waals surface area contributed by atoms with Crippen molar-refractivity contribution in [2.24, 2.45) is 0 Å². The molecule has 2 heteroatoms. The van der Waals surface area contributed by atoms with Crippen LogP contribution in [0.4, 0.5) is 17.1 Å². The lowest BCUT2D eigenvalue weighted by Crippen LogP contribution is -2.11. The van der Waals surface area contributed by atoms with Crippen LogP contribution in [0.3, 0.4) is 0 Å². The minimum Gasteiger partial charge on any atom is -0.455 e. The van der Waals surface area contributed by atoms with Gasteiger partial charge in [-0.2, -0.15) is 0 Å². The molecule has 1 aliphatic heterocycles. The molecule has 0 spiro atoms. The maximum absolute atomic E-state index is 7.34. The van der Waals surface area contributed by atoms with E-state index in [-0.39, 0.29) is 0 Å². The predicted octanol–water partition coefficient (Wildman–Crippen LogP) is 16.4. The lowest BCUT2D eigenvalue weighted by Gasteiger charge is -2.29. The molecule has 1 aliphatic rings. The van der Waals surface area contributed by atoms with Crippen molar-refractivity contribution in [1.82, 2.24) is 0 Å². The SMILES string of the molecule is c1ccc(-c2ccc(N(c3ccc4ccccc4c3)c3cccc4c3-c3cccc(-c5cccc(-c6ccccc6)c5)c3-c3cccc(-c5ccccc5)c3O4)cc2)cc1. The highest BCUT2D eigenvalue weighted by Crippen LogP contribution is 2.56. The molecular formula is C58H39NO. The Morgan fingerprint density at radius 3 is 1.57 bits per heavy atom. The number of benzene rings is 10. The lowest BCUT2D eigenvalue weighted by molar-refractivity contribution is 0.489. The second kappa shape index (κ2) is 15.1. The summed E-state index contributed by atoms with van der Waals surface area (Å²) < 4.78 is 7.34. The molecule has 10 aromatic carbocycles. The van der Waals surface area contributed by atoms with Gasteiger partial charge in [-0.15, -0.1) is 0 Å². The quantitative estimate of drug-likeness (QED) is 0.160. The molecule has 0 aromatic heterocycles. The molecule has 60 heavy (non-hydrogen) atoms. The van der Waals surface area contributed by atoms with Gasteiger partial charge >= 0.3 is 0 Å². The average Bonchev–Trinajstić information content (AvgIpc) is 3.48. The molecule has 0 N–H and O–H groups in total. The van der Waals surface area contributed by atoms with Gasteiger partial charge < -0.3 is 9.64 Å². The first-order chi connectivity index (χ1) is 29.8. The summed E-state index contributed by atoms with van der Waals surface area (Å²) >= 11 is 0. The van der Waals surface area contributed by atoms with E-state index in [0.29, 0.717) is 0 Å². The van der Waals surface area contributed by atoms with E-state index in [1.807, 2.05) is 0 Å². The first kappa shape index (κ1) is 35.2. The first-order valence-corrected chi connectivity index (χ1v) is 20.5. The van der Waals surface area contributed by atoms with E-state index in [1.54, 1.807) is 0 Å². The van der Waals surface area contributed by atoms with Crippen LogP contribution in [0, 0.1) is 0 Å². The fourth-order valence-corrected chi connectivity index (χ4v) is 8.83. The van der Waals surface area contributed by atoms with Gasteiger partial charge in [0, 0.05) is 33.6 Å². The molecule has 0 fully saturated rings. The summed E-state index contributed by atoms with van der Waals surface area (Å²) in [6, 6.07) is 84.8. The Bertz CT molecular complexity index is 3150. The number of rotatable bonds is 7. The first-order valence-electron chi connectivity index (χ1n) is 20.5. The molecule has 0 bridgehead atoms. The molecule has 0 atom stereocenters. The summed E-state index contributed by atoms with van der Waals surface area (Å²) in [6.45, 7) is 0. The van der Waals surface area contributed by atoms with E-state index >= 15 is 0 Å². The number of hydrogen-bond donors (Lipinski definition) is 0. The summed E-state index contributed by atoms with van der Waals surface area (Å²) in [5.74, 6) is 1.65. The third-order valence-corrected chi connectivity index (χ3v) is 11.7. The lowest BCUT2D eigenvalue weighted by atomic mass is 9.85. The Morgan fingerprint density at radius 2 is 0.817 bits per heavy atom. The number of fused-ring (bicyclic) bond motifs is 6. The number of hydrogen-bond acceptors (Lipinski definition) is 2. The molecule has 10 aromatic rings. The minimum atomic E-state index is 0.803. The van der Waals surface area contributed by atoms with Crippen molar-refractivity contribution in [3.8, 4) is 78.3 Å². The van der Waals surface area contributed by atoms with Crippen molar-refractivity contribution < 1.29 is 4.74 Å². The second-order valence-electron chi connectivity index (χ2n) is 15.3. The fraction of sp³-hybridized carbons (Fsp3) is 0. The van der Waals surface area contributed by atoms with E-state index < -0.39 is 0 Å². The zero-order chi connectivity index (χ0) is 39.8. The van der Waals surface area contributed by atoms with Gasteiger partial charge in [0.05, 0.1) is 5.69 Å². The van der Waals surface area contributed by atoms with Gasteiger partial charge in [-0.1, -0.05) is 194 Å². The van der Waals surface area contributed by atoms with E-state index in [9.17, 15) is 0 Å². The molecule has 11 rings (SSSR count). The topological polar surface area (TPSA) is 12.5 Å². The van der Waals surface area contributed by atoms with Crippen LogP contribution in [0.5, 0.6) is 11.5 Å². The Balaban J connectivity index is 1.18. The van der Waals surface area contributed by atoms with Gasteiger partial charge in [0.2, 0.25) is 0 Å². The third kappa shape index (κ3) is 6.32. The summed E-state index contributed by atoms with van der Waals surface area (Å²) in [5.41, 5.74) is 16.7. The zero-order valence-electron chi connectivity index (χ0n) is 32.9. The van der Waals surface area contributed by atoms with E-state index in [0.717, 1.165) is 73.1 Å². The Morgan fingerprint density at radius 1 is 0.283 bits per heavy atom. The molecule has 0 aliphatic carbocycles. The normalized spacial score (nSPS) is 11.5. The molecule has 0 saturated heterocycles. The largest absolute Gasteiger partial charge is 0.455 e. The van der Waals surface area contributed by atoms with Crippen molar-refractivity contribution in [3.05, 3.63) is 237 Å². The van der Waals surface area contributed by atoms with Crippen molar-refractivity contribution in [2.75, 3.05) is 4.90 Å². The maximum Gasteiger partial charge on any atom is 0.143 e. The Kier molecular flexibility index (Phi) is 8.87. The number of para-hydroxylation sites is 1. The van der Waals surface area contributed by atoms with Gasteiger partial charge in [-0.3, -0.25) is 0 Å². The third-order valence-electron chi connectivity index (χ3n) is 11.7. The summed E-state index contributed by atoms with van der Waals surface area (Å²) in [5, 5.41) is 2.38. The summed E-state index contributed by atoms with van der Waals surface area (Å²) in [4.78, 5) is 2.39. The monoisotopic (exact) mass is 765 g/mol. The number of anilines is 3. The molecule has 1 heterocycles. The maximum atomic E-state index is 7.34. The molecule has 0 unspecified atom stereocenters. The Labute approximate surface area is 350 Å². The summed E-state index contributed by atoms with van der Waals surface area (Å²) in [6.07, 6.45) is 0. The second-order valence-corrected chi connectivity index (χ2v) is 15.3. The van der Waals surface area contributed by atoms with Crippen LogP contribution in [0.1, 0.15) is 0 Å². The van der Waals surface area contributed by atoms with Gasteiger partial charge in [0.15, 0.2) is 0 Å². The Hall–Kier alpha value is -7.94. The van der Waals surface area contributed by atoms with Crippen molar-refractivity contribution in [1.29, 1.82) is 0 Å². The highest BCUT2D eigenvalue weighted by molar-refractivity contribution is 6.05. The van der Waals surface area contributed by atoms with E-state index in [4.69, 9.17) is 4.74 Å². The van der Waals surface area contributed by atoms with Gasteiger partial charge in [-0.05, 0) is 97.7 Å². The van der Waals surface area contributed by atoms with Crippen LogP contribution in [-0.2, 0) is 0 Å². The van der Waals surface area contributed by atoms with Crippen molar-refractivity contribution >= 4 is 27.8 Å². The van der Waals surface area contributed by atoms with Gasteiger partial charge in [0.1, 0.15) is 11.5 Å².